The van der Waals surface area contributed by atoms with Crippen molar-refractivity contribution in [3.05, 3.63) is 28.5 Å². The SMILES string of the molecule is Fc1cc(OCC2(CBr)CCOCC2)ccc1Br. The summed E-state index contributed by atoms with van der Waals surface area (Å²) in [5, 5.41) is 0.877. The third-order valence-electron chi connectivity index (χ3n) is 3.27. The number of alkyl halides is 1. The summed E-state index contributed by atoms with van der Waals surface area (Å²) in [6.07, 6.45) is 1.94. The molecular formula is C13H15Br2FO2. The van der Waals surface area contributed by atoms with Crippen molar-refractivity contribution in [2.75, 3.05) is 25.2 Å². The van der Waals surface area contributed by atoms with Gasteiger partial charge >= 0.3 is 0 Å². The van der Waals surface area contributed by atoms with Gasteiger partial charge in [-0.15, -0.1) is 0 Å². The van der Waals surface area contributed by atoms with E-state index in [-0.39, 0.29) is 11.2 Å². The van der Waals surface area contributed by atoms with E-state index < -0.39 is 0 Å². The maximum absolute atomic E-state index is 13.4. The van der Waals surface area contributed by atoms with Gasteiger partial charge in [-0.3, -0.25) is 0 Å². The Kier molecular flexibility index (Phi) is 5.04. The number of benzene rings is 1. The van der Waals surface area contributed by atoms with E-state index in [0.717, 1.165) is 31.4 Å². The van der Waals surface area contributed by atoms with Crippen molar-refractivity contribution < 1.29 is 13.9 Å². The highest BCUT2D eigenvalue weighted by molar-refractivity contribution is 9.10. The third-order valence-corrected chi connectivity index (χ3v) is 5.11. The number of hydrogen-bond acceptors (Lipinski definition) is 2. The lowest BCUT2D eigenvalue weighted by atomic mass is 9.83. The van der Waals surface area contributed by atoms with E-state index in [0.29, 0.717) is 16.8 Å². The molecule has 1 aromatic carbocycles. The average molecular weight is 382 g/mol. The molecule has 1 aliphatic rings. The molecule has 0 aromatic heterocycles. The minimum Gasteiger partial charge on any atom is -0.493 e. The van der Waals surface area contributed by atoms with E-state index in [9.17, 15) is 4.39 Å². The highest BCUT2D eigenvalue weighted by Crippen LogP contribution is 2.33. The molecule has 5 heteroatoms. The molecule has 100 valence electrons. The van der Waals surface area contributed by atoms with Crippen LogP contribution in [0.3, 0.4) is 0 Å². The first kappa shape index (κ1) is 14.3. The van der Waals surface area contributed by atoms with E-state index >= 15 is 0 Å². The van der Waals surface area contributed by atoms with Crippen LogP contribution in [0.2, 0.25) is 0 Å². The summed E-state index contributed by atoms with van der Waals surface area (Å²) in [5.74, 6) is 0.273. The van der Waals surface area contributed by atoms with E-state index in [2.05, 4.69) is 31.9 Å². The fourth-order valence-corrected chi connectivity index (χ4v) is 2.89. The van der Waals surface area contributed by atoms with Gasteiger partial charge in [0, 0.05) is 30.0 Å². The van der Waals surface area contributed by atoms with Crippen molar-refractivity contribution in [3.8, 4) is 5.75 Å². The smallest absolute Gasteiger partial charge is 0.141 e. The molecule has 1 aliphatic heterocycles. The molecule has 0 N–H and O–H groups in total. The molecule has 0 radical (unpaired) electrons. The Bertz CT molecular complexity index is 406. The van der Waals surface area contributed by atoms with Gasteiger partial charge in [-0.25, -0.2) is 4.39 Å². The van der Waals surface area contributed by atoms with Crippen molar-refractivity contribution in [1.29, 1.82) is 0 Å². The molecular weight excluding hydrogens is 367 g/mol. The molecule has 0 atom stereocenters. The molecule has 1 aromatic rings. The summed E-state index contributed by atoms with van der Waals surface area (Å²) in [6.45, 7) is 2.12. The first-order valence-corrected chi connectivity index (χ1v) is 7.78. The molecule has 1 fully saturated rings. The number of rotatable bonds is 4. The third kappa shape index (κ3) is 3.45. The summed E-state index contributed by atoms with van der Waals surface area (Å²) < 4.78 is 24.9. The van der Waals surface area contributed by atoms with Gasteiger partial charge in [0.1, 0.15) is 11.6 Å². The predicted molar refractivity (Wildman–Crippen MR) is 75.9 cm³/mol. The van der Waals surface area contributed by atoms with E-state index in [1.54, 1.807) is 12.1 Å². The fraction of sp³-hybridized carbons (Fsp3) is 0.538. The Labute approximate surface area is 123 Å². The molecule has 18 heavy (non-hydrogen) atoms. The van der Waals surface area contributed by atoms with Crippen molar-refractivity contribution >= 4 is 31.9 Å². The van der Waals surface area contributed by atoms with Gasteiger partial charge in [-0.2, -0.15) is 0 Å². The topological polar surface area (TPSA) is 18.5 Å². The van der Waals surface area contributed by atoms with Crippen molar-refractivity contribution in [2.24, 2.45) is 5.41 Å². The Hall–Kier alpha value is -0.130. The summed E-state index contributed by atoms with van der Waals surface area (Å²) in [5.41, 5.74) is 0.0990. The van der Waals surface area contributed by atoms with Gasteiger partial charge in [-0.05, 0) is 40.9 Å². The van der Waals surface area contributed by atoms with Gasteiger partial charge in [0.25, 0.3) is 0 Å². The van der Waals surface area contributed by atoms with Crippen LogP contribution in [0.1, 0.15) is 12.8 Å². The second-order valence-corrected chi connectivity index (χ2v) is 6.03. The Balaban J connectivity index is 1.98. The molecule has 0 spiro atoms. The van der Waals surface area contributed by atoms with E-state index in [4.69, 9.17) is 9.47 Å². The molecule has 2 rings (SSSR count). The van der Waals surface area contributed by atoms with Crippen LogP contribution in [0.4, 0.5) is 4.39 Å². The lowest BCUT2D eigenvalue weighted by Gasteiger charge is -2.35. The van der Waals surface area contributed by atoms with Crippen LogP contribution >= 0.6 is 31.9 Å². The Morgan fingerprint density at radius 1 is 1.33 bits per heavy atom. The average Bonchev–Trinajstić information content (AvgIpc) is 2.41. The maximum Gasteiger partial charge on any atom is 0.141 e. The molecule has 0 amide bonds. The van der Waals surface area contributed by atoms with Crippen LogP contribution in [0.5, 0.6) is 5.75 Å². The van der Waals surface area contributed by atoms with Gasteiger partial charge in [0.05, 0.1) is 11.1 Å². The van der Waals surface area contributed by atoms with Gasteiger partial charge < -0.3 is 9.47 Å². The molecule has 0 aliphatic carbocycles. The van der Waals surface area contributed by atoms with Crippen LogP contribution in [-0.4, -0.2) is 25.2 Å². The van der Waals surface area contributed by atoms with Crippen LogP contribution in [-0.2, 0) is 4.74 Å². The number of ether oxygens (including phenoxy) is 2. The van der Waals surface area contributed by atoms with E-state index in [1.807, 2.05) is 0 Å². The molecule has 0 unspecified atom stereocenters. The minimum absolute atomic E-state index is 0.0990. The highest BCUT2D eigenvalue weighted by Gasteiger charge is 2.32. The summed E-state index contributed by atoms with van der Waals surface area (Å²) in [6, 6.07) is 4.84. The standard InChI is InChI=1S/C13H15Br2FO2/c14-8-13(3-5-17-6-4-13)9-18-10-1-2-11(15)12(16)7-10/h1-2,7H,3-6,8-9H2. The van der Waals surface area contributed by atoms with Crippen LogP contribution < -0.4 is 4.74 Å². The summed E-state index contributed by atoms with van der Waals surface area (Å²) in [4.78, 5) is 0. The van der Waals surface area contributed by atoms with Gasteiger partial charge in [-0.1, -0.05) is 15.9 Å². The zero-order valence-electron chi connectivity index (χ0n) is 9.93. The van der Waals surface area contributed by atoms with Crippen molar-refractivity contribution in [1.82, 2.24) is 0 Å². The highest BCUT2D eigenvalue weighted by atomic mass is 79.9. The Morgan fingerprint density at radius 3 is 2.67 bits per heavy atom. The second-order valence-electron chi connectivity index (χ2n) is 4.61. The normalized spacial score (nSPS) is 18.6. The lowest BCUT2D eigenvalue weighted by Crippen LogP contribution is -2.36. The van der Waals surface area contributed by atoms with Crippen LogP contribution in [0, 0.1) is 11.2 Å². The zero-order chi connectivity index (χ0) is 13.0. The predicted octanol–water partition coefficient (Wildman–Crippen LogP) is 4.16. The van der Waals surface area contributed by atoms with E-state index in [1.165, 1.54) is 6.07 Å². The van der Waals surface area contributed by atoms with Gasteiger partial charge in [0.2, 0.25) is 0 Å². The fourth-order valence-electron chi connectivity index (χ4n) is 1.92. The van der Waals surface area contributed by atoms with Crippen LogP contribution in [0.25, 0.3) is 0 Å². The van der Waals surface area contributed by atoms with Crippen molar-refractivity contribution in [3.63, 3.8) is 0 Å². The Morgan fingerprint density at radius 2 is 2.06 bits per heavy atom. The van der Waals surface area contributed by atoms with Gasteiger partial charge in [0.15, 0.2) is 0 Å². The quantitative estimate of drug-likeness (QED) is 0.729. The zero-order valence-corrected chi connectivity index (χ0v) is 13.1. The molecule has 1 heterocycles. The first-order chi connectivity index (χ1) is 8.65. The molecule has 1 saturated heterocycles. The molecule has 2 nitrogen and oxygen atoms in total. The van der Waals surface area contributed by atoms with Crippen molar-refractivity contribution in [2.45, 2.75) is 12.8 Å². The summed E-state index contributed by atoms with van der Waals surface area (Å²) in [7, 11) is 0. The monoisotopic (exact) mass is 380 g/mol. The summed E-state index contributed by atoms with van der Waals surface area (Å²) >= 11 is 6.68. The minimum atomic E-state index is -0.299. The molecule has 0 bridgehead atoms. The number of hydrogen-bond donors (Lipinski definition) is 0. The molecule has 0 saturated carbocycles. The second kappa shape index (κ2) is 6.35. The lowest BCUT2D eigenvalue weighted by molar-refractivity contribution is 0.00349. The first-order valence-electron chi connectivity index (χ1n) is 5.87. The van der Waals surface area contributed by atoms with Crippen LogP contribution in [0.15, 0.2) is 22.7 Å². The number of halogens is 3. The maximum atomic E-state index is 13.4. The largest absolute Gasteiger partial charge is 0.493 e.